The molecule has 3 aromatic carbocycles. The average molecular weight is 393 g/mol. The first-order chi connectivity index (χ1) is 13.8. The number of benzene rings is 3. The van der Waals surface area contributed by atoms with Crippen LogP contribution in [0.25, 0.3) is 0 Å². The molecule has 0 saturated heterocycles. The number of carbonyl (C=O) groups is 1. The van der Waals surface area contributed by atoms with Crippen LogP contribution < -0.4 is 10.1 Å². The molecular weight excluding hydrogens is 378 g/mol. The van der Waals surface area contributed by atoms with Gasteiger partial charge in [-0.3, -0.25) is 25.0 Å². The Morgan fingerprint density at radius 3 is 2.14 bits per heavy atom. The van der Waals surface area contributed by atoms with E-state index < -0.39 is 15.8 Å². The summed E-state index contributed by atoms with van der Waals surface area (Å²) in [6.45, 7) is 1.66. The quantitative estimate of drug-likeness (QED) is 0.471. The smallest absolute Gasteiger partial charge is 0.269 e. The van der Waals surface area contributed by atoms with Crippen LogP contribution in [0.15, 0.2) is 66.7 Å². The van der Waals surface area contributed by atoms with E-state index in [0.717, 1.165) is 0 Å². The minimum atomic E-state index is -0.505. The first-order valence-corrected chi connectivity index (χ1v) is 8.42. The van der Waals surface area contributed by atoms with Gasteiger partial charge in [0, 0.05) is 35.5 Å². The number of nitro benzene ring substituents is 2. The van der Waals surface area contributed by atoms with Crippen LogP contribution >= 0.6 is 0 Å². The lowest BCUT2D eigenvalue weighted by Gasteiger charge is -2.10. The Labute approximate surface area is 164 Å². The number of nitrogens with zero attached hydrogens (tertiary/aromatic N) is 2. The highest BCUT2D eigenvalue weighted by molar-refractivity contribution is 6.04. The summed E-state index contributed by atoms with van der Waals surface area (Å²) in [5.41, 5.74) is 1.23. The monoisotopic (exact) mass is 393 g/mol. The van der Waals surface area contributed by atoms with Crippen LogP contribution in [-0.2, 0) is 0 Å². The summed E-state index contributed by atoms with van der Waals surface area (Å²) < 4.78 is 5.64. The van der Waals surface area contributed by atoms with Gasteiger partial charge < -0.3 is 10.1 Å². The number of aryl methyl sites for hydroxylation is 1. The van der Waals surface area contributed by atoms with Crippen molar-refractivity contribution in [3.8, 4) is 11.5 Å². The number of carbonyl (C=O) groups excluding carboxylic acids is 1. The van der Waals surface area contributed by atoms with Crippen LogP contribution in [0.1, 0.15) is 15.9 Å². The van der Waals surface area contributed by atoms with Crippen molar-refractivity contribution in [3.05, 3.63) is 98.1 Å². The molecule has 9 heteroatoms. The van der Waals surface area contributed by atoms with Crippen molar-refractivity contribution in [3.63, 3.8) is 0 Å². The molecule has 0 heterocycles. The molecule has 0 aromatic heterocycles. The van der Waals surface area contributed by atoms with Crippen LogP contribution in [0.2, 0.25) is 0 Å². The molecule has 146 valence electrons. The number of ether oxygens (including phenoxy) is 1. The number of hydrogen-bond acceptors (Lipinski definition) is 6. The highest BCUT2D eigenvalue weighted by Gasteiger charge is 2.12. The molecular formula is C20H15N3O6. The van der Waals surface area contributed by atoms with Gasteiger partial charge in [-0.15, -0.1) is 0 Å². The Balaban J connectivity index is 1.74. The lowest BCUT2D eigenvalue weighted by molar-refractivity contribution is -0.385. The Bertz CT molecular complexity index is 1100. The average Bonchev–Trinajstić information content (AvgIpc) is 2.70. The van der Waals surface area contributed by atoms with E-state index >= 15 is 0 Å². The lowest BCUT2D eigenvalue weighted by atomic mass is 10.1. The molecule has 0 unspecified atom stereocenters. The van der Waals surface area contributed by atoms with Gasteiger partial charge in [0.15, 0.2) is 0 Å². The molecule has 3 aromatic rings. The van der Waals surface area contributed by atoms with Crippen LogP contribution in [-0.4, -0.2) is 15.8 Å². The minimum Gasteiger partial charge on any atom is -0.457 e. The van der Waals surface area contributed by atoms with Gasteiger partial charge in [-0.25, -0.2) is 0 Å². The molecule has 1 amide bonds. The van der Waals surface area contributed by atoms with Gasteiger partial charge in [0.2, 0.25) is 0 Å². The molecule has 0 atom stereocenters. The molecule has 0 aliphatic heterocycles. The summed E-state index contributed by atoms with van der Waals surface area (Å²) in [5.74, 6) is 0.363. The van der Waals surface area contributed by atoms with Gasteiger partial charge in [-0.2, -0.15) is 0 Å². The van der Waals surface area contributed by atoms with Gasteiger partial charge >= 0.3 is 0 Å². The summed E-state index contributed by atoms with van der Waals surface area (Å²) in [7, 11) is 0. The predicted octanol–water partition coefficient (Wildman–Crippen LogP) is 4.86. The van der Waals surface area contributed by atoms with Gasteiger partial charge in [-0.1, -0.05) is 6.07 Å². The molecule has 0 radical (unpaired) electrons. The van der Waals surface area contributed by atoms with Crippen LogP contribution in [0, 0.1) is 27.2 Å². The molecule has 0 bridgehead atoms. The van der Waals surface area contributed by atoms with Gasteiger partial charge in [0.25, 0.3) is 17.3 Å². The second-order valence-corrected chi connectivity index (χ2v) is 6.09. The maximum Gasteiger partial charge on any atom is 0.269 e. The van der Waals surface area contributed by atoms with Crippen molar-refractivity contribution in [2.45, 2.75) is 6.92 Å². The van der Waals surface area contributed by atoms with E-state index in [9.17, 15) is 25.0 Å². The number of non-ortho nitro benzene ring substituents is 2. The number of anilines is 1. The molecule has 0 fully saturated rings. The van der Waals surface area contributed by atoms with Crippen LogP contribution in [0.4, 0.5) is 17.1 Å². The molecule has 0 aliphatic carbocycles. The van der Waals surface area contributed by atoms with Crippen molar-refractivity contribution in [2.75, 3.05) is 5.32 Å². The number of nitrogens with one attached hydrogen (secondary N) is 1. The first-order valence-electron chi connectivity index (χ1n) is 8.42. The Kier molecular flexibility index (Phi) is 5.49. The van der Waals surface area contributed by atoms with E-state index in [-0.39, 0.29) is 11.4 Å². The summed E-state index contributed by atoms with van der Waals surface area (Å²) in [4.78, 5) is 33.0. The fraction of sp³-hybridized carbons (Fsp3) is 0.0500. The highest BCUT2D eigenvalue weighted by Crippen LogP contribution is 2.26. The summed E-state index contributed by atoms with van der Waals surface area (Å²) in [5, 5.41) is 24.2. The fourth-order valence-electron chi connectivity index (χ4n) is 2.57. The van der Waals surface area contributed by atoms with Gasteiger partial charge in [0.1, 0.15) is 11.5 Å². The second kappa shape index (κ2) is 8.17. The fourth-order valence-corrected chi connectivity index (χ4v) is 2.57. The van der Waals surface area contributed by atoms with Crippen LogP contribution in [0.5, 0.6) is 11.5 Å². The maximum atomic E-state index is 12.5. The van der Waals surface area contributed by atoms with Gasteiger partial charge in [0.05, 0.1) is 9.85 Å². The molecule has 0 saturated carbocycles. The van der Waals surface area contributed by atoms with E-state index in [4.69, 9.17) is 4.74 Å². The summed E-state index contributed by atoms with van der Waals surface area (Å²) in [6.07, 6.45) is 0. The molecule has 3 rings (SSSR count). The van der Waals surface area contributed by atoms with E-state index in [1.807, 2.05) is 0 Å². The van der Waals surface area contributed by atoms with E-state index in [1.54, 1.807) is 25.1 Å². The van der Waals surface area contributed by atoms with Crippen molar-refractivity contribution in [1.29, 1.82) is 0 Å². The van der Waals surface area contributed by atoms with Crippen molar-refractivity contribution in [1.82, 2.24) is 0 Å². The summed E-state index contributed by atoms with van der Waals surface area (Å²) in [6, 6.07) is 16.1. The number of amides is 1. The molecule has 0 spiro atoms. The first kappa shape index (κ1) is 19.5. The zero-order valence-corrected chi connectivity index (χ0v) is 15.2. The SMILES string of the molecule is Cc1cc([N+](=O)[O-])ccc1NC(=O)c1cccc(Oc2ccc([N+](=O)[O-])cc2)c1. The Morgan fingerprint density at radius 2 is 1.52 bits per heavy atom. The van der Waals surface area contributed by atoms with Crippen molar-refractivity contribution in [2.24, 2.45) is 0 Å². The number of nitro groups is 2. The third kappa shape index (κ3) is 4.72. The zero-order valence-electron chi connectivity index (χ0n) is 15.2. The van der Waals surface area contributed by atoms with Gasteiger partial charge in [-0.05, 0) is 48.9 Å². The van der Waals surface area contributed by atoms with E-state index in [2.05, 4.69) is 5.32 Å². The van der Waals surface area contributed by atoms with Crippen LogP contribution in [0.3, 0.4) is 0 Å². The minimum absolute atomic E-state index is 0.0519. The summed E-state index contributed by atoms with van der Waals surface area (Å²) >= 11 is 0. The molecule has 9 nitrogen and oxygen atoms in total. The largest absolute Gasteiger partial charge is 0.457 e. The zero-order chi connectivity index (χ0) is 21.0. The second-order valence-electron chi connectivity index (χ2n) is 6.09. The molecule has 29 heavy (non-hydrogen) atoms. The Hall–Kier alpha value is -4.27. The third-order valence-electron chi connectivity index (χ3n) is 4.05. The molecule has 1 N–H and O–H groups in total. The lowest BCUT2D eigenvalue weighted by Crippen LogP contribution is -2.12. The topological polar surface area (TPSA) is 125 Å². The van der Waals surface area contributed by atoms with E-state index in [0.29, 0.717) is 28.3 Å². The highest BCUT2D eigenvalue weighted by atomic mass is 16.6. The number of rotatable bonds is 6. The maximum absolute atomic E-state index is 12.5. The molecule has 0 aliphatic rings. The van der Waals surface area contributed by atoms with Crippen molar-refractivity contribution >= 4 is 23.0 Å². The van der Waals surface area contributed by atoms with E-state index in [1.165, 1.54) is 48.5 Å². The Morgan fingerprint density at radius 1 is 0.862 bits per heavy atom. The standard InChI is InChI=1S/C20H15N3O6/c1-13-11-16(23(27)28)7-10-19(13)21-20(24)14-3-2-4-18(12-14)29-17-8-5-15(6-9-17)22(25)26/h2-12H,1H3,(H,21,24). The number of hydrogen-bond donors (Lipinski definition) is 1. The third-order valence-corrected chi connectivity index (χ3v) is 4.05. The normalized spacial score (nSPS) is 10.2. The van der Waals surface area contributed by atoms with Crippen molar-refractivity contribution < 1.29 is 19.4 Å². The predicted molar refractivity (Wildman–Crippen MR) is 105 cm³/mol.